The van der Waals surface area contributed by atoms with Gasteiger partial charge in [0.25, 0.3) is 0 Å². The van der Waals surface area contributed by atoms with E-state index in [1.807, 2.05) is 42.5 Å². The topological polar surface area (TPSA) is 38.3 Å². The van der Waals surface area contributed by atoms with Gasteiger partial charge in [0, 0.05) is 6.54 Å². The lowest BCUT2D eigenvalue weighted by Gasteiger charge is -2.08. The molecule has 3 nitrogen and oxygen atoms in total. The van der Waals surface area contributed by atoms with E-state index in [0.717, 1.165) is 16.7 Å². The average Bonchev–Trinajstić information content (AvgIpc) is 2.65. The summed E-state index contributed by atoms with van der Waals surface area (Å²) in [6, 6.07) is 23.5. The monoisotopic (exact) mass is 335 g/mol. The molecule has 1 N–H and O–H groups in total. The summed E-state index contributed by atoms with van der Waals surface area (Å²) in [7, 11) is 0. The summed E-state index contributed by atoms with van der Waals surface area (Å²) in [6.07, 6.45) is 0.108. The molecule has 0 aliphatic carbocycles. The van der Waals surface area contributed by atoms with Crippen molar-refractivity contribution in [3.63, 3.8) is 0 Å². The van der Waals surface area contributed by atoms with Crippen molar-refractivity contribution in [1.82, 2.24) is 5.32 Å². The summed E-state index contributed by atoms with van der Waals surface area (Å²) < 4.78 is 18.1. The summed E-state index contributed by atoms with van der Waals surface area (Å²) in [6.45, 7) is 0.423. The van der Waals surface area contributed by atoms with Crippen LogP contribution >= 0.6 is 0 Å². The van der Waals surface area contributed by atoms with Crippen LogP contribution in [0, 0.1) is 5.82 Å². The Bertz CT molecular complexity index is 815. The van der Waals surface area contributed by atoms with Crippen molar-refractivity contribution in [2.24, 2.45) is 0 Å². The summed E-state index contributed by atoms with van der Waals surface area (Å²) in [5.41, 5.74) is 3.12. The second-order valence-corrected chi connectivity index (χ2v) is 5.58. The van der Waals surface area contributed by atoms with Crippen LogP contribution in [0.1, 0.15) is 5.56 Å². The van der Waals surface area contributed by atoms with Gasteiger partial charge in [0.2, 0.25) is 0 Å². The maximum absolute atomic E-state index is 12.8. The molecule has 0 aromatic heterocycles. The predicted octanol–water partition coefficient (Wildman–Crippen LogP) is 4.82. The van der Waals surface area contributed by atoms with Gasteiger partial charge in [-0.05, 0) is 47.4 Å². The number of carbonyl (C=O) groups excluding carboxylic acids is 1. The van der Waals surface area contributed by atoms with Gasteiger partial charge >= 0.3 is 6.09 Å². The van der Waals surface area contributed by atoms with Crippen molar-refractivity contribution in [2.45, 2.75) is 6.42 Å². The number of ether oxygens (including phenoxy) is 1. The average molecular weight is 335 g/mol. The quantitative estimate of drug-likeness (QED) is 0.726. The number of halogens is 1. The Morgan fingerprint density at radius 3 is 2.16 bits per heavy atom. The molecule has 0 saturated carbocycles. The fourth-order valence-electron chi connectivity index (χ4n) is 2.45. The molecule has 1 amide bonds. The highest BCUT2D eigenvalue weighted by molar-refractivity contribution is 5.71. The normalized spacial score (nSPS) is 10.3. The molecular weight excluding hydrogens is 317 g/mol. The van der Waals surface area contributed by atoms with E-state index in [9.17, 15) is 9.18 Å². The van der Waals surface area contributed by atoms with E-state index in [1.165, 1.54) is 12.1 Å². The third-order valence-corrected chi connectivity index (χ3v) is 3.77. The number of benzene rings is 3. The van der Waals surface area contributed by atoms with E-state index >= 15 is 0 Å². The Kier molecular flexibility index (Phi) is 5.42. The van der Waals surface area contributed by atoms with Gasteiger partial charge in [0.1, 0.15) is 11.6 Å². The number of carbonyl (C=O) groups is 1. The third kappa shape index (κ3) is 4.91. The van der Waals surface area contributed by atoms with Crippen LogP contribution < -0.4 is 10.1 Å². The van der Waals surface area contributed by atoms with Gasteiger partial charge in [0.05, 0.1) is 0 Å². The Morgan fingerprint density at radius 1 is 0.840 bits per heavy atom. The zero-order valence-corrected chi connectivity index (χ0v) is 13.6. The molecule has 0 spiro atoms. The molecule has 0 aliphatic rings. The molecule has 3 aromatic carbocycles. The van der Waals surface area contributed by atoms with E-state index in [2.05, 4.69) is 5.32 Å². The first-order valence-corrected chi connectivity index (χ1v) is 8.06. The minimum Gasteiger partial charge on any atom is -0.410 e. The number of rotatable bonds is 5. The molecule has 0 heterocycles. The minimum absolute atomic E-state index is 0.268. The van der Waals surface area contributed by atoms with Crippen molar-refractivity contribution < 1.29 is 13.9 Å². The van der Waals surface area contributed by atoms with Gasteiger partial charge in [-0.3, -0.25) is 0 Å². The number of amides is 1. The maximum atomic E-state index is 12.8. The van der Waals surface area contributed by atoms with E-state index in [0.29, 0.717) is 18.7 Å². The van der Waals surface area contributed by atoms with Crippen LogP contribution in [-0.2, 0) is 6.42 Å². The Balaban J connectivity index is 1.48. The molecule has 3 aromatic rings. The summed E-state index contributed by atoms with van der Waals surface area (Å²) >= 11 is 0. The lowest BCUT2D eigenvalue weighted by atomic mass is 10.1. The van der Waals surface area contributed by atoms with E-state index in [4.69, 9.17) is 4.74 Å². The van der Waals surface area contributed by atoms with Gasteiger partial charge < -0.3 is 10.1 Å². The summed E-state index contributed by atoms with van der Waals surface area (Å²) in [5.74, 6) is 0.217. The second kappa shape index (κ2) is 8.11. The number of hydrogen-bond donors (Lipinski definition) is 1. The van der Waals surface area contributed by atoms with Gasteiger partial charge in [-0.1, -0.05) is 54.6 Å². The second-order valence-electron chi connectivity index (χ2n) is 5.58. The Hall–Kier alpha value is -3.14. The first-order valence-electron chi connectivity index (χ1n) is 8.06. The van der Waals surface area contributed by atoms with Gasteiger partial charge in [-0.25, -0.2) is 9.18 Å². The SMILES string of the molecule is O=C(NCCc1ccc(F)cc1)Oc1ccc(-c2ccccc2)cc1. The first-order chi connectivity index (χ1) is 12.2. The Morgan fingerprint density at radius 2 is 1.48 bits per heavy atom. The smallest absolute Gasteiger partial charge is 0.410 e. The van der Waals surface area contributed by atoms with Crippen molar-refractivity contribution in [3.05, 3.63) is 90.2 Å². The van der Waals surface area contributed by atoms with Crippen LogP contribution in [0.2, 0.25) is 0 Å². The van der Waals surface area contributed by atoms with Crippen LogP contribution in [0.15, 0.2) is 78.9 Å². The molecular formula is C21H18FNO2. The van der Waals surface area contributed by atoms with Crippen LogP contribution in [-0.4, -0.2) is 12.6 Å². The molecule has 0 unspecified atom stereocenters. The predicted molar refractivity (Wildman–Crippen MR) is 96.0 cm³/mol. The molecule has 126 valence electrons. The van der Waals surface area contributed by atoms with Crippen LogP contribution in [0.5, 0.6) is 5.75 Å². The highest BCUT2D eigenvalue weighted by atomic mass is 19.1. The molecule has 0 bridgehead atoms. The first kappa shape index (κ1) is 16.7. The standard InChI is InChI=1S/C21H18FNO2/c22-19-10-6-16(7-11-19)14-15-23-21(24)25-20-12-8-18(9-13-20)17-4-2-1-3-5-17/h1-13H,14-15H2,(H,23,24). The highest BCUT2D eigenvalue weighted by Crippen LogP contribution is 2.22. The van der Waals surface area contributed by atoms with Crippen molar-refractivity contribution in [1.29, 1.82) is 0 Å². The van der Waals surface area contributed by atoms with Gasteiger partial charge in [-0.15, -0.1) is 0 Å². The van der Waals surface area contributed by atoms with Gasteiger partial charge in [-0.2, -0.15) is 0 Å². The maximum Gasteiger partial charge on any atom is 0.412 e. The van der Waals surface area contributed by atoms with E-state index in [1.54, 1.807) is 24.3 Å². The fraction of sp³-hybridized carbons (Fsp3) is 0.0952. The molecule has 0 aliphatic heterocycles. The number of hydrogen-bond acceptors (Lipinski definition) is 2. The Labute approximate surface area is 146 Å². The van der Waals surface area contributed by atoms with Crippen LogP contribution in [0.3, 0.4) is 0 Å². The largest absolute Gasteiger partial charge is 0.412 e. The molecule has 0 atom stereocenters. The minimum atomic E-state index is -0.505. The fourth-order valence-corrected chi connectivity index (χ4v) is 2.45. The van der Waals surface area contributed by atoms with Gasteiger partial charge in [0.15, 0.2) is 0 Å². The van der Waals surface area contributed by atoms with E-state index in [-0.39, 0.29) is 5.82 Å². The molecule has 25 heavy (non-hydrogen) atoms. The number of nitrogens with one attached hydrogen (secondary N) is 1. The lowest BCUT2D eigenvalue weighted by Crippen LogP contribution is -2.28. The highest BCUT2D eigenvalue weighted by Gasteiger charge is 2.05. The van der Waals surface area contributed by atoms with Crippen LogP contribution in [0.25, 0.3) is 11.1 Å². The summed E-state index contributed by atoms with van der Waals surface area (Å²) in [4.78, 5) is 11.8. The van der Waals surface area contributed by atoms with Crippen LogP contribution in [0.4, 0.5) is 9.18 Å². The van der Waals surface area contributed by atoms with E-state index < -0.39 is 6.09 Å². The zero-order chi connectivity index (χ0) is 17.5. The van der Waals surface area contributed by atoms with Crippen molar-refractivity contribution >= 4 is 6.09 Å². The van der Waals surface area contributed by atoms with Crippen molar-refractivity contribution in [2.75, 3.05) is 6.54 Å². The molecule has 4 heteroatoms. The molecule has 0 radical (unpaired) electrons. The summed E-state index contributed by atoms with van der Waals surface area (Å²) in [5, 5.41) is 2.69. The zero-order valence-electron chi connectivity index (χ0n) is 13.6. The van der Waals surface area contributed by atoms with Crippen molar-refractivity contribution in [3.8, 4) is 16.9 Å². The molecule has 0 saturated heterocycles. The molecule has 0 fully saturated rings. The lowest BCUT2D eigenvalue weighted by molar-refractivity contribution is 0.200. The molecule has 3 rings (SSSR count). The third-order valence-electron chi connectivity index (χ3n) is 3.77.